The Morgan fingerprint density at radius 2 is 1.91 bits per heavy atom. The van der Waals surface area contributed by atoms with Gasteiger partial charge in [-0.05, 0) is 43.1 Å². The number of nitrogens with zero attached hydrogens (tertiary/aromatic N) is 3. The van der Waals surface area contributed by atoms with Gasteiger partial charge in [-0.15, -0.1) is 0 Å². The Hall–Kier alpha value is -3.56. The number of hydrogen-bond donors (Lipinski definition) is 3. The smallest absolute Gasteiger partial charge is 0.278 e. The number of rotatable bonds is 7. The lowest BCUT2D eigenvalue weighted by molar-refractivity contribution is 0.102. The van der Waals surface area contributed by atoms with Crippen LogP contribution in [-0.2, 0) is 11.2 Å². The number of anilines is 3. The Bertz CT molecular complexity index is 1120. The van der Waals surface area contributed by atoms with Crippen molar-refractivity contribution >= 4 is 23.1 Å². The van der Waals surface area contributed by atoms with E-state index in [4.69, 9.17) is 16.2 Å². The molecule has 0 bridgehead atoms. The highest BCUT2D eigenvalue weighted by Crippen LogP contribution is 2.29. The minimum Gasteiger partial charge on any atom is -0.382 e. The second-order valence-electron chi connectivity index (χ2n) is 7.79. The van der Waals surface area contributed by atoms with Gasteiger partial charge in [0.1, 0.15) is 5.82 Å². The van der Waals surface area contributed by atoms with Crippen LogP contribution in [0.25, 0.3) is 11.3 Å². The summed E-state index contributed by atoms with van der Waals surface area (Å²) in [7, 11) is 0. The molecule has 1 saturated heterocycles. The summed E-state index contributed by atoms with van der Waals surface area (Å²) in [5.41, 5.74) is 15.1. The molecule has 0 atom stereocenters. The predicted octanol–water partition coefficient (Wildman–Crippen LogP) is 2.85. The van der Waals surface area contributed by atoms with Crippen LogP contribution < -0.4 is 21.7 Å². The summed E-state index contributed by atoms with van der Waals surface area (Å²) in [5, 5.41) is 2.76. The van der Waals surface area contributed by atoms with Gasteiger partial charge in [0.15, 0.2) is 11.5 Å². The van der Waals surface area contributed by atoms with Crippen LogP contribution in [0.15, 0.2) is 48.7 Å². The number of aryl methyl sites for hydroxylation is 1. The highest BCUT2D eigenvalue weighted by Gasteiger charge is 2.20. The molecule has 33 heavy (non-hydrogen) atoms. The first-order chi connectivity index (χ1) is 16.0. The third-order valence-electron chi connectivity index (χ3n) is 5.49. The number of nitrogens with one attached hydrogen (secondary N) is 1. The monoisotopic (exact) mass is 450 g/mol. The second-order valence-corrected chi connectivity index (χ2v) is 7.79. The summed E-state index contributed by atoms with van der Waals surface area (Å²) in [6.07, 6.45) is 3.34. The highest BCUT2D eigenvalue weighted by atomic mass is 19.1. The molecule has 9 heteroatoms. The fourth-order valence-electron chi connectivity index (χ4n) is 3.72. The summed E-state index contributed by atoms with van der Waals surface area (Å²) < 4.78 is 19.4. The number of hydrogen-bond acceptors (Lipinski definition) is 7. The summed E-state index contributed by atoms with van der Waals surface area (Å²) in [4.78, 5) is 23.7. The molecule has 1 amide bonds. The maximum absolute atomic E-state index is 14.0. The molecule has 0 spiro atoms. The Morgan fingerprint density at radius 1 is 1.15 bits per heavy atom. The SMILES string of the molecule is NCCCc1ccc(-c2cnc(N)c(C(=O)Nc3cc(F)ccc3N3CCOCC3)n2)cc1. The second kappa shape index (κ2) is 10.4. The van der Waals surface area contributed by atoms with Crippen molar-refractivity contribution < 1.29 is 13.9 Å². The first-order valence-electron chi connectivity index (χ1n) is 10.9. The fourth-order valence-corrected chi connectivity index (χ4v) is 3.72. The topological polar surface area (TPSA) is 119 Å². The van der Waals surface area contributed by atoms with E-state index < -0.39 is 11.7 Å². The molecule has 0 aliphatic carbocycles. The van der Waals surface area contributed by atoms with Crippen molar-refractivity contribution in [3.05, 3.63) is 65.7 Å². The van der Waals surface area contributed by atoms with Crippen LogP contribution in [0.4, 0.5) is 21.6 Å². The molecule has 0 saturated carbocycles. The Labute approximate surface area is 191 Å². The van der Waals surface area contributed by atoms with E-state index in [9.17, 15) is 9.18 Å². The average molecular weight is 451 g/mol. The first kappa shape index (κ1) is 22.6. The lowest BCUT2D eigenvalue weighted by Crippen LogP contribution is -2.36. The van der Waals surface area contributed by atoms with Crippen molar-refractivity contribution in [2.24, 2.45) is 5.73 Å². The van der Waals surface area contributed by atoms with Crippen LogP contribution >= 0.6 is 0 Å². The highest BCUT2D eigenvalue weighted by molar-refractivity contribution is 6.07. The number of amides is 1. The van der Waals surface area contributed by atoms with Crippen molar-refractivity contribution in [1.29, 1.82) is 0 Å². The predicted molar refractivity (Wildman–Crippen MR) is 127 cm³/mol. The molecule has 0 unspecified atom stereocenters. The minimum absolute atomic E-state index is 0.000131. The molecule has 0 radical (unpaired) electrons. The molecule has 172 valence electrons. The van der Waals surface area contributed by atoms with E-state index in [0.717, 1.165) is 18.4 Å². The molecule has 4 rings (SSSR count). The summed E-state index contributed by atoms with van der Waals surface area (Å²) >= 11 is 0. The van der Waals surface area contributed by atoms with E-state index in [-0.39, 0.29) is 11.5 Å². The van der Waals surface area contributed by atoms with Crippen LogP contribution in [0.1, 0.15) is 22.5 Å². The quantitative estimate of drug-likeness (QED) is 0.506. The normalized spacial score (nSPS) is 13.7. The van der Waals surface area contributed by atoms with Crippen molar-refractivity contribution in [1.82, 2.24) is 9.97 Å². The fraction of sp³-hybridized carbons (Fsp3) is 0.292. The Kier molecular flexibility index (Phi) is 7.11. The molecule has 1 aromatic heterocycles. The van der Waals surface area contributed by atoms with Crippen molar-refractivity contribution in [3.8, 4) is 11.3 Å². The minimum atomic E-state index is -0.554. The van der Waals surface area contributed by atoms with E-state index >= 15 is 0 Å². The van der Waals surface area contributed by atoms with Crippen molar-refractivity contribution in [2.75, 3.05) is 48.8 Å². The van der Waals surface area contributed by atoms with Gasteiger partial charge in [-0.2, -0.15) is 0 Å². The molecule has 2 heterocycles. The zero-order valence-corrected chi connectivity index (χ0v) is 18.3. The molecule has 5 N–H and O–H groups in total. The molecule has 1 aliphatic rings. The average Bonchev–Trinajstić information content (AvgIpc) is 2.84. The summed E-state index contributed by atoms with van der Waals surface area (Å²) in [6, 6.07) is 12.2. The van der Waals surface area contributed by atoms with E-state index in [0.29, 0.717) is 49.9 Å². The van der Waals surface area contributed by atoms with Gasteiger partial charge in [0.05, 0.1) is 36.5 Å². The van der Waals surface area contributed by atoms with Gasteiger partial charge in [0.2, 0.25) is 0 Å². The van der Waals surface area contributed by atoms with E-state index in [1.807, 2.05) is 29.2 Å². The number of nitrogen functional groups attached to an aromatic ring is 1. The van der Waals surface area contributed by atoms with E-state index in [1.54, 1.807) is 6.07 Å². The number of halogens is 1. The summed E-state index contributed by atoms with van der Waals surface area (Å²) in [5.74, 6) is -1.01. The maximum Gasteiger partial charge on any atom is 0.278 e. The van der Waals surface area contributed by atoms with E-state index in [1.165, 1.54) is 23.9 Å². The number of aromatic nitrogens is 2. The van der Waals surface area contributed by atoms with Crippen LogP contribution in [0.2, 0.25) is 0 Å². The largest absolute Gasteiger partial charge is 0.382 e. The number of carbonyl (C=O) groups excluding carboxylic acids is 1. The Morgan fingerprint density at radius 3 is 2.64 bits per heavy atom. The number of nitrogens with two attached hydrogens (primary N) is 2. The van der Waals surface area contributed by atoms with Gasteiger partial charge in [0.25, 0.3) is 5.91 Å². The number of benzene rings is 2. The van der Waals surface area contributed by atoms with Gasteiger partial charge < -0.3 is 26.4 Å². The molecule has 8 nitrogen and oxygen atoms in total. The van der Waals surface area contributed by atoms with Crippen LogP contribution in [0.3, 0.4) is 0 Å². The molecule has 2 aromatic carbocycles. The molecule has 1 aliphatic heterocycles. The molecule has 1 fully saturated rings. The lowest BCUT2D eigenvalue weighted by atomic mass is 10.1. The van der Waals surface area contributed by atoms with E-state index in [2.05, 4.69) is 15.3 Å². The van der Waals surface area contributed by atoms with Crippen LogP contribution in [0, 0.1) is 5.82 Å². The van der Waals surface area contributed by atoms with Gasteiger partial charge in [0, 0.05) is 18.7 Å². The molecular weight excluding hydrogens is 423 g/mol. The number of ether oxygens (including phenoxy) is 1. The van der Waals surface area contributed by atoms with Gasteiger partial charge in [-0.3, -0.25) is 4.79 Å². The van der Waals surface area contributed by atoms with Crippen molar-refractivity contribution in [3.63, 3.8) is 0 Å². The number of carbonyl (C=O) groups is 1. The third-order valence-corrected chi connectivity index (χ3v) is 5.49. The third kappa shape index (κ3) is 5.44. The standard InChI is InChI=1S/C24H27FN6O2/c25-18-7-8-21(31-10-12-33-13-11-31)19(14-18)30-24(32)22-23(27)28-15-20(29-22)17-5-3-16(4-6-17)2-1-9-26/h3-8,14-15H,1-2,9-13,26H2,(H2,27,28)(H,30,32). The van der Waals surface area contributed by atoms with Crippen LogP contribution in [-0.4, -0.2) is 48.7 Å². The molecule has 3 aromatic rings. The van der Waals surface area contributed by atoms with Gasteiger partial charge >= 0.3 is 0 Å². The lowest BCUT2D eigenvalue weighted by Gasteiger charge is -2.30. The Balaban J connectivity index is 1.57. The van der Waals surface area contributed by atoms with Crippen LogP contribution in [0.5, 0.6) is 0 Å². The zero-order valence-electron chi connectivity index (χ0n) is 18.3. The van der Waals surface area contributed by atoms with Gasteiger partial charge in [-0.1, -0.05) is 24.3 Å². The van der Waals surface area contributed by atoms with Crippen molar-refractivity contribution in [2.45, 2.75) is 12.8 Å². The summed E-state index contributed by atoms with van der Waals surface area (Å²) in [6.45, 7) is 3.06. The van der Waals surface area contributed by atoms with Gasteiger partial charge in [-0.25, -0.2) is 14.4 Å². The maximum atomic E-state index is 14.0. The molecular formula is C24H27FN6O2. The number of morpholine rings is 1. The zero-order chi connectivity index (χ0) is 23.2. The first-order valence-corrected chi connectivity index (χ1v) is 10.9.